The lowest BCUT2D eigenvalue weighted by atomic mass is 9.74. The number of hydrogen-bond donors (Lipinski definition) is 3. The Labute approximate surface area is 238 Å². The van der Waals surface area contributed by atoms with E-state index in [4.69, 9.17) is 0 Å². The second-order valence-corrected chi connectivity index (χ2v) is 12.4. The second-order valence-electron chi connectivity index (χ2n) is 12.4. The molecular weight excluding hydrogens is 498 g/mol. The molecule has 1 unspecified atom stereocenters. The van der Waals surface area contributed by atoms with E-state index >= 15 is 0 Å². The van der Waals surface area contributed by atoms with Crippen LogP contribution in [0, 0.1) is 5.92 Å². The Kier molecular flexibility index (Phi) is 8.01. The normalized spacial score (nSPS) is 21.2. The summed E-state index contributed by atoms with van der Waals surface area (Å²) in [6.45, 7) is 7.64. The van der Waals surface area contributed by atoms with Gasteiger partial charge in [0.25, 0.3) is 0 Å². The highest BCUT2D eigenvalue weighted by molar-refractivity contribution is 5.87. The number of piperidine rings is 2. The topological polar surface area (TPSA) is 80.5 Å². The Bertz CT molecular complexity index is 1230. The van der Waals surface area contributed by atoms with Crippen molar-refractivity contribution in [3.05, 3.63) is 64.5 Å². The summed E-state index contributed by atoms with van der Waals surface area (Å²) in [4.78, 5) is 35.0. The number of urea groups is 1. The number of nitrogens with zero attached hydrogens (tertiary/aromatic N) is 2. The number of aromatic nitrogens is 1. The highest BCUT2D eigenvalue weighted by Crippen LogP contribution is 2.46. The lowest BCUT2D eigenvalue weighted by Gasteiger charge is -2.41. The third kappa shape index (κ3) is 5.58. The average Bonchev–Trinajstić information content (AvgIpc) is 3.57. The number of nitrogens with one attached hydrogen (secondary N) is 3. The molecule has 3 N–H and O–H groups in total. The van der Waals surface area contributed by atoms with Crippen LogP contribution in [-0.2, 0) is 29.5 Å². The van der Waals surface area contributed by atoms with Gasteiger partial charge in [-0.25, -0.2) is 4.79 Å². The number of allylic oxidation sites excluding steroid dienone is 1. The maximum absolute atomic E-state index is 14.0. The molecule has 1 aromatic heterocycles. The van der Waals surface area contributed by atoms with Crippen molar-refractivity contribution >= 4 is 18.0 Å². The van der Waals surface area contributed by atoms with Gasteiger partial charge in [0.05, 0.1) is 0 Å². The van der Waals surface area contributed by atoms with Crippen LogP contribution < -0.4 is 10.6 Å². The highest BCUT2D eigenvalue weighted by atomic mass is 16.2. The number of H-pyrrole nitrogens is 1. The smallest absolute Gasteiger partial charge is 0.315 e. The number of aromatic amines is 1. The minimum Gasteiger partial charge on any atom is -0.364 e. The molecule has 40 heavy (non-hydrogen) atoms. The summed E-state index contributed by atoms with van der Waals surface area (Å²) >= 11 is 0. The molecular formula is C33H45N5O2. The largest absolute Gasteiger partial charge is 0.364 e. The molecule has 3 heterocycles. The minimum atomic E-state index is -0.581. The lowest BCUT2D eigenvalue weighted by Crippen LogP contribution is -2.55. The van der Waals surface area contributed by atoms with E-state index in [0.29, 0.717) is 18.9 Å². The highest BCUT2D eigenvalue weighted by Gasteiger charge is 2.42. The maximum atomic E-state index is 14.0. The van der Waals surface area contributed by atoms with E-state index < -0.39 is 6.04 Å². The molecule has 2 saturated heterocycles. The summed E-state index contributed by atoms with van der Waals surface area (Å²) in [5.74, 6) is 0.541. The number of rotatable bonds is 7. The van der Waals surface area contributed by atoms with Crippen molar-refractivity contribution in [2.24, 2.45) is 5.92 Å². The first-order chi connectivity index (χ1) is 19.5. The fourth-order valence-corrected chi connectivity index (χ4v) is 7.57. The van der Waals surface area contributed by atoms with Gasteiger partial charge in [-0.3, -0.25) is 4.79 Å². The summed E-state index contributed by atoms with van der Waals surface area (Å²) in [6, 6.07) is 8.04. The molecule has 2 aliphatic carbocycles. The fraction of sp³-hybridized carbons (Fsp3) is 0.576. The van der Waals surface area contributed by atoms with Crippen LogP contribution in [0.15, 0.2) is 36.5 Å². The van der Waals surface area contributed by atoms with Crippen LogP contribution in [0.2, 0.25) is 0 Å². The molecule has 7 nitrogen and oxygen atoms in total. The fourth-order valence-electron chi connectivity index (χ4n) is 7.57. The van der Waals surface area contributed by atoms with E-state index in [1.54, 1.807) is 0 Å². The van der Waals surface area contributed by atoms with Crippen LogP contribution in [0.1, 0.15) is 73.4 Å². The number of aryl methyl sites for hydroxylation is 2. The molecule has 6 rings (SSSR count). The Balaban J connectivity index is 1.12. The van der Waals surface area contributed by atoms with Crippen LogP contribution in [0.4, 0.5) is 4.79 Å². The lowest BCUT2D eigenvalue weighted by molar-refractivity contribution is -0.134. The molecule has 1 atom stereocenters. The molecule has 2 aromatic rings. The monoisotopic (exact) mass is 543 g/mol. The molecule has 0 saturated carbocycles. The van der Waals surface area contributed by atoms with E-state index in [1.165, 1.54) is 28.8 Å². The Morgan fingerprint density at radius 2 is 1.88 bits per heavy atom. The van der Waals surface area contributed by atoms with Crippen molar-refractivity contribution in [2.75, 3.05) is 39.3 Å². The van der Waals surface area contributed by atoms with E-state index in [2.05, 4.69) is 63.9 Å². The molecule has 7 heteroatoms. The standard InChI is InChI=1S/C33H45N5O2/c1-2-37-17-12-24(13-18-37)22-35-32(40)36-30(21-26-23-34-29-10-6-4-8-27(26)29)31(39)38-19-15-33(16-20-38)14-11-25-7-3-5-9-28(25)33/h3-5,7-9,23-24,30,34H,2,6,10-22H2,1H3,(H2,35,36,40). The Morgan fingerprint density at radius 1 is 1.07 bits per heavy atom. The third-order valence-corrected chi connectivity index (χ3v) is 10.2. The zero-order valence-corrected chi connectivity index (χ0v) is 24.0. The van der Waals surface area contributed by atoms with Crippen LogP contribution in [0.3, 0.4) is 0 Å². The van der Waals surface area contributed by atoms with Crippen molar-refractivity contribution in [2.45, 2.75) is 76.2 Å². The molecule has 214 valence electrons. The zero-order chi connectivity index (χ0) is 27.5. The number of likely N-dealkylation sites (tertiary alicyclic amines) is 2. The van der Waals surface area contributed by atoms with E-state index in [1.807, 2.05) is 11.1 Å². The van der Waals surface area contributed by atoms with Gasteiger partial charge < -0.3 is 25.4 Å². The van der Waals surface area contributed by atoms with Crippen molar-refractivity contribution in [3.63, 3.8) is 0 Å². The van der Waals surface area contributed by atoms with E-state index in [-0.39, 0.29) is 17.4 Å². The van der Waals surface area contributed by atoms with Gasteiger partial charge >= 0.3 is 6.03 Å². The SMILES string of the molecule is CCN1CCC(CNC(=O)NC(Cc2c[nH]c3c2C=CCC3)C(=O)N2CCC3(CCc4ccccc43)CC2)CC1. The van der Waals surface area contributed by atoms with Crippen LogP contribution >= 0.6 is 0 Å². The predicted molar refractivity (Wildman–Crippen MR) is 159 cm³/mol. The third-order valence-electron chi connectivity index (χ3n) is 10.2. The quantitative estimate of drug-likeness (QED) is 0.484. The summed E-state index contributed by atoms with van der Waals surface area (Å²) in [7, 11) is 0. The molecule has 3 amide bonds. The first-order valence-corrected chi connectivity index (χ1v) is 15.5. The Hall–Kier alpha value is -3.06. The van der Waals surface area contributed by atoms with Gasteiger partial charge in [-0.1, -0.05) is 43.3 Å². The average molecular weight is 544 g/mol. The van der Waals surface area contributed by atoms with E-state index in [0.717, 1.165) is 83.2 Å². The molecule has 1 spiro atoms. The minimum absolute atomic E-state index is 0.0438. The van der Waals surface area contributed by atoms with Crippen molar-refractivity contribution in [1.29, 1.82) is 0 Å². The Morgan fingerprint density at radius 3 is 2.67 bits per heavy atom. The predicted octanol–water partition coefficient (Wildman–Crippen LogP) is 4.42. The summed E-state index contributed by atoms with van der Waals surface area (Å²) in [6.07, 6.45) is 15.4. The van der Waals surface area contributed by atoms with Gasteiger partial charge in [0.1, 0.15) is 6.04 Å². The van der Waals surface area contributed by atoms with Crippen molar-refractivity contribution in [3.8, 4) is 0 Å². The first-order valence-electron chi connectivity index (χ1n) is 15.5. The molecule has 0 bridgehead atoms. The molecule has 1 aromatic carbocycles. The van der Waals surface area contributed by atoms with Gasteiger partial charge in [0.15, 0.2) is 0 Å². The number of carbonyl (C=O) groups excluding carboxylic acids is 2. The van der Waals surface area contributed by atoms with Crippen LogP contribution in [-0.4, -0.2) is 72.0 Å². The molecule has 4 aliphatic rings. The summed E-state index contributed by atoms with van der Waals surface area (Å²) in [5.41, 5.74) is 6.69. The van der Waals surface area contributed by atoms with Crippen LogP contribution in [0.5, 0.6) is 0 Å². The number of benzene rings is 1. The molecule has 0 radical (unpaired) electrons. The second kappa shape index (κ2) is 11.8. The maximum Gasteiger partial charge on any atom is 0.315 e. The van der Waals surface area contributed by atoms with Gasteiger partial charge in [-0.2, -0.15) is 0 Å². The number of amides is 3. The first kappa shape index (κ1) is 27.1. The van der Waals surface area contributed by atoms with Gasteiger partial charge in [-0.05, 0) is 105 Å². The zero-order valence-electron chi connectivity index (χ0n) is 24.0. The number of hydrogen-bond acceptors (Lipinski definition) is 3. The summed E-state index contributed by atoms with van der Waals surface area (Å²) in [5, 5.41) is 6.21. The van der Waals surface area contributed by atoms with Crippen molar-refractivity contribution in [1.82, 2.24) is 25.4 Å². The van der Waals surface area contributed by atoms with Crippen molar-refractivity contribution < 1.29 is 9.59 Å². The van der Waals surface area contributed by atoms with Gasteiger partial charge in [-0.15, -0.1) is 0 Å². The summed E-state index contributed by atoms with van der Waals surface area (Å²) < 4.78 is 0. The molecule has 2 aliphatic heterocycles. The number of fused-ring (bicyclic) bond motifs is 3. The molecule has 2 fully saturated rings. The van der Waals surface area contributed by atoms with E-state index in [9.17, 15) is 9.59 Å². The van der Waals surface area contributed by atoms with Gasteiger partial charge in [0.2, 0.25) is 5.91 Å². The van der Waals surface area contributed by atoms with Gasteiger partial charge in [0, 0.05) is 37.9 Å². The number of carbonyl (C=O) groups is 2. The van der Waals surface area contributed by atoms with Crippen LogP contribution in [0.25, 0.3) is 6.08 Å².